The number of piperidine rings is 1. The zero-order chi connectivity index (χ0) is 39.0. The van der Waals surface area contributed by atoms with E-state index in [0.29, 0.717) is 0 Å². The van der Waals surface area contributed by atoms with Crippen molar-refractivity contribution in [2.45, 2.75) is 32.5 Å². The van der Waals surface area contributed by atoms with Crippen molar-refractivity contribution in [1.82, 2.24) is 14.5 Å². The van der Waals surface area contributed by atoms with Gasteiger partial charge < -0.3 is 14.5 Å². The van der Waals surface area contributed by atoms with Crippen LogP contribution in [0.25, 0.3) is 0 Å². The van der Waals surface area contributed by atoms with Gasteiger partial charge in [0.05, 0.1) is 68.2 Å². The number of carbonyl (C=O) groups is 4. The van der Waals surface area contributed by atoms with Gasteiger partial charge in [-0.3, -0.25) is 19.2 Å². The number of rotatable bonds is 5. The molecule has 1 unspecified atom stereocenters. The van der Waals surface area contributed by atoms with Gasteiger partial charge in [0.25, 0.3) is 11.8 Å². The topological polar surface area (TPSA) is 78.0 Å². The smallest absolute Gasteiger partial charge is 0.347 e. The average molecular weight is 638 g/mol. The Morgan fingerprint density at radius 1 is 0.720 bits per heavy atom. The van der Waals surface area contributed by atoms with E-state index in [0.717, 1.165) is 0 Å². The first-order valence-electron chi connectivity index (χ1n) is 13.3. The average Bonchev–Trinajstić information content (AvgIpc) is 3.23. The van der Waals surface area contributed by atoms with Crippen LogP contribution in [0.5, 0.6) is 0 Å². The van der Waals surface area contributed by atoms with E-state index in [1.165, 1.54) is 0 Å². The SMILES string of the molecule is [B]c1c([B])c(C(F)(F)C(=O)N([B])C([B])([B])c2c([B])c([B])c3c(c2[B])C([B])([B])N(C2([B])C(=O)N([B])C(=O)C([B])([B])C2([B])[B])C3=O)c([B])c([B])c1Cl. The Labute approximate surface area is 315 Å². The zero-order valence-electron chi connectivity index (χ0n) is 25.5. The quantitative estimate of drug-likeness (QED) is 0.241. The molecule has 202 valence electrons. The standard InChI is InChI=1S/C22B18ClF2N3O4/c23-5-1-2(20(33,34)45(13(1)47)19(32)16(50)44(39)15(49)18(30,31)22(19,37)38)6(24)4(9(5)27)21(35,36)46(40)14(48)17(42,43)3-7(25)10(28)12(41)11(29)8(3)26. The van der Waals surface area contributed by atoms with Crippen LogP contribution < -0.4 is 38.2 Å². The molecule has 0 spiro atoms. The van der Waals surface area contributed by atoms with Crippen LogP contribution >= 0.6 is 11.6 Å². The number of carbonyl (C=O) groups excluding carboxylic acids is 4. The second-order valence-corrected chi connectivity index (χ2v) is 12.1. The van der Waals surface area contributed by atoms with Crippen LogP contribution in [0, 0.1) is 0 Å². The summed E-state index contributed by atoms with van der Waals surface area (Å²) in [6.07, 6.45) is 0. The summed E-state index contributed by atoms with van der Waals surface area (Å²) >= 11 is 5.88. The number of imide groups is 1. The molecular formula is C22B18ClF2N3O4. The molecule has 0 aromatic heterocycles. The summed E-state index contributed by atoms with van der Waals surface area (Å²) in [6.45, 7) is 0. The summed E-state index contributed by atoms with van der Waals surface area (Å²) in [4.78, 5) is 52.9. The highest BCUT2D eigenvalue weighted by Gasteiger charge is 2.67. The van der Waals surface area contributed by atoms with Crippen molar-refractivity contribution in [3.8, 4) is 0 Å². The summed E-state index contributed by atoms with van der Waals surface area (Å²) in [5, 5.41) is -12.8. The number of hydrogen-bond donors (Lipinski definition) is 0. The molecule has 1 atom stereocenters. The monoisotopic (exact) mass is 641 g/mol. The van der Waals surface area contributed by atoms with Gasteiger partial charge in [-0.05, 0) is 21.5 Å². The Kier molecular flexibility index (Phi) is 9.69. The van der Waals surface area contributed by atoms with Crippen molar-refractivity contribution < 1.29 is 28.0 Å². The Morgan fingerprint density at radius 2 is 1.16 bits per heavy atom. The van der Waals surface area contributed by atoms with Crippen molar-refractivity contribution in [1.29, 1.82) is 0 Å². The van der Waals surface area contributed by atoms with Crippen molar-refractivity contribution in [3.63, 3.8) is 0 Å². The largest absolute Gasteiger partial charge is 0.398 e. The predicted octanol–water partition coefficient (Wildman–Crippen LogP) is -10.8. The summed E-state index contributed by atoms with van der Waals surface area (Å²) in [6, 6.07) is 0. The first-order valence-corrected chi connectivity index (χ1v) is 13.7. The van der Waals surface area contributed by atoms with E-state index in [2.05, 4.69) is 0 Å². The highest BCUT2D eigenvalue weighted by atomic mass is 35.5. The van der Waals surface area contributed by atoms with Crippen LogP contribution in [-0.4, -0.2) is 185 Å². The summed E-state index contributed by atoms with van der Waals surface area (Å²) < 4.78 is 31.7. The molecule has 1 fully saturated rings. The lowest BCUT2D eigenvalue weighted by atomic mass is 9.20. The molecule has 4 rings (SSSR count). The molecule has 4 amide bonds. The maximum atomic E-state index is 15.9. The lowest BCUT2D eigenvalue weighted by Crippen LogP contribution is -2.78. The number of hydrogen-bond acceptors (Lipinski definition) is 4. The van der Waals surface area contributed by atoms with Gasteiger partial charge in [0.1, 0.15) is 62.8 Å². The van der Waals surface area contributed by atoms with Gasteiger partial charge in [-0.2, -0.15) is 8.78 Å². The van der Waals surface area contributed by atoms with E-state index in [-0.39, 0.29) is 9.71 Å². The Balaban J connectivity index is 1.95. The van der Waals surface area contributed by atoms with Crippen LogP contribution in [-0.2, 0) is 31.0 Å². The van der Waals surface area contributed by atoms with Crippen molar-refractivity contribution in [2.75, 3.05) is 0 Å². The normalized spacial score (nSPS) is 21.2. The number of nitrogens with zero attached hydrogens (tertiary/aromatic N) is 3. The lowest BCUT2D eigenvalue weighted by Gasteiger charge is -2.65. The van der Waals surface area contributed by atoms with E-state index in [9.17, 15) is 19.2 Å². The van der Waals surface area contributed by atoms with Crippen molar-refractivity contribution in [3.05, 3.63) is 27.3 Å². The van der Waals surface area contributed by atoms with Gasteiger partial charge >= 0.3 is 5.92 Å². The van der Waals surface area contributed by atoms with Gasteiger partial charge in [-0.25, -0.2) is 0 Å². The Hall–Kier alpha value is -2.16. The van der Waals surface area contributed by atoms with E-state index in [4.69, 9.17) is 153 Å². The van der Waals surface area contributed by atoms with Gasteiger partial charge in [0.15, 0.2) is 0 Å². The minimum absolute atomic E-state index is 0.0961. The molecule has 0 aliphatic carbocycles. The summed E-state index contributed by atoms with van der Waals surface area (Å²) in [7, 11) is 108. The van der Waals surface area contributed by atoms with Gasteiger partial charge in [-0.1, -0.05) is 60.6 Å². The summed E-state index contributed by atoms with van der Waals surface area (Å²) in [5.74, 6) is -12.0. The van der Waals surface area contributed by atoms with E-state index in [1.54, 1.807) is 0 Å². The fourth-order valence-electron chi connectivity index (χ4n) is 5.83. The van der Waals surface area contributed by atoms with E-state index in [1.807, 2.05) is 0 Å². The number of alkyl halides is 2. The molecule has 50 heavy (non-hydrogen) atoms. The van der Waals surface area contributed by atoms with Crippen LogP contribution in [0.4, 0.5) is 8.78 Å². The first kappa shape index (κ1) is 40.6. The highest BCUT2D eigenvalue weighted by Crippen LogP contribution is 2.58. The van der Waals surface area contributed by atoms with Crippen molar-refractivity contribution >= 4 is 215 Å². The predicted molar refractivity (Wildman–Crippen MR) is 199 cm³/mol. The molecular weight excluding hydrogens is 638 g/mol. The van der Waals surface area contributed by atoms with Gasteiger partial charge in [-0.15, -0.1) is 0 Å². The van der Waals surface area contributed by atoms with Crippen LogP contribution in [0.3, 0.4) is 0 Å². The lowest BCUT2D eigenvalue weighted by molar-refractivity contribution is -0.155. The number of halogens is 3. The van der Waals surface area contributed by atoms with Crippen LogP contribution in [0.2, 0.25) is 15.5 Å². The molecule has 36 radical (unpaired) electrons. The van der Waals surface area contributed by atoms with Crippen LogP contribution in [0.1, 0.15) is 27.0 Å². The minimum atomic E-state index is -4.80. The second kappa shape index (κ2) is 11.9. The molecule has 2 aromatic rings. The number of benzene rings is 2. The van der Waals surface area contributed by atoms with Crippen molar-refractivity contribution in [2.24, 2.45) is 0 Å². The second-order valence-electron chi connectivity index (χ2n) is 11.7. The fourth-order valence-corrected chi connectivity index (χ4v) is 6.03. The van der Waals surface area contributed by atoms with Gasteiger partial charge in [0, 0.05) is 16.1 Å². The molecule has 0 bridgehead atoms. The maximum Gasteiger partial charge on any atom is 0.347 e. The van der Waals surface area contributed by atoms with E-state index >= 15 is 8.78 Å². The first-order chi connectivity index (χ1) is 22.3. The molecule has 7 nitrogen and oxygen atoms in total. The highest BCUT2D eigenvalue weighted by molar-refractivity contribution is 6.69. The van der Waals surface area contributed by atoms with Crippen LogP contribution in [0.15, 0.2) is 0 Å². The molecule has 1 saturated heterocycles. The number of fused-ring (bicyclic) bond motifs is 1. The third-order valence-electron chi connectivity index (χ3n) is 8.78. The van der Waals surface area contributed by atoms with Gasteiger partial charge in [0.2, 0.25) is 27.8 Å². The third kappa shape index (κ3) is 4.85. The Bertz CT molecular complexity index is 1920. The molecule has 0 N–H and O–H groups in total. The Morgan fingerprint density at radius 3 is 1.62 bits per heavy atom. The molecule has 2 aliphatic heterocycles. The molecule has 2 aliphatic rings. The molecule has 0 saturated carbocycles. The third-order valence-corrected chi connectivity index (χ3v) is 9.19. The number of amides is 4. The zero-order valence-corrected chi connectivity index (χ0v) is 26.3. The molecule has 28 heteroatoms. The maximum absolute atomic E-state index is 15.9. The molecule has 2 aromatic carbocycles. The molecule has 2 heterocycles. The minimum Gasteiger partial charge on any atom is -0.398 e. The fraction of sp³-hybridized carbons (Fsp3) is 0.273. The summed E-state index contributed by atoms with van der Waals surface area (Å²) in [5.41, 5.74) is -13.1. The van der Waals surface area contributed by atoms with E-state index < -0.39 is 126 Å².